The molecule has 61 heavy (non-hydrogen) atoms. The van der Waals surface area contributed by atoms with E-state index in [1.54, 1.807) is 6.92 Å². The summed E-state index contributed by atoms with van der Waals surface area (Å²) in [7, 11) is 1.92. The van der Waals surface area contributed by atoms with Crippen molar-refractivity contribution >= 4 is 29.1 Å². The van der Waals surface area contributed by atoms with Crippen molar-refractivity contribution in [2.24, 2.45) is 42.6 Å². The highest BCUT2D eigenvalue weighted by Crippen LogP contribution is 2.32. The van der Waals surface area contributed by atoms with Crippen molar-refractivity contribution in [1.82, 2.24) is 30.5 Å². The third kappa shape index (κ3) is 16.0. The van der Waals surface area contributed by atoms with Crippen molar-refractivity contribution < 1.29 is 18.8 Å². The van der Waals surface area contributed by atoms with E-state index in [1.165, 1.54) is 108 Å². The molecule has 0 aliphatic heterocycles. The standard InChI is InChI=1S/C16H26N2O2.C16H26N2OS.C16H26N2O.C2H6/c2*1-10(2)14(13-8-6-5-7-9-13)18-16(19)15-11(3)17-12(4)20-15;1-12(2)15(13-8-5-4-6-9-13)17-16(19)14-10-7-11-18(14)3;1-2/h2*10,13-14H,5-9H2,1-4H3,(H,18,19);7,10-13,15H,4-6,8-9H2,1-3H3,(H,17,19);1-2H3. The average molecular weight is 865 g/mol. The predicted octanol–water partition coefficient (Wildman–Crippen LogP) is 12.1. The van der Waals surface area contributed by atoms with Gasteiger partial charge in [0, 0.05) is 38.3 Å². The molecule has 3 aromatic rings. The van der Waals surface area contributed by atoms with E-state index in [4.69, 9.17) is 4.42 Å². The first kappa shape index (κ1) is 51.9. The Morgan fingerprint density at radius 3 is 1.36 bits per heavy atom. The molecule has 11 heteroatoms. The molecule has 3 unspecified atom stereocenters. The number of thiazole rings is 1. The summed E-state index contributed by atoms with van der Waals surface area (Å²) in [4.78, 5) is 46.5. The van der Waals surface area contributed by atoms with Crippen LogP contribution in [0, 0.1) is 63.2 Å². The summed E-state index contributed by atoms with van der Waals surface area (Å²) >= 11 is 1.50. The molecule has 3 aliphatic rings. The topological polar surface area (TPSA) is 131 Å². The SMILES string of the molecule is CC.CC(C)C(NC(=O)c1cccn1C)C1CCCCC1.Cc1nc(C)c(C(=O)NC(C(C)C)C2CCCCC2)o1.Cc1nc(C)c(C(=O)NC(C(C)C)C2CCCCC2)s1. The lowest BCUT2D eigenvalue weighted by atomic mass is 9.79. The first-order valence-electron chi connectivity index (χ1n) is 24.0. The van der Waals surface area contributed by atoms with Gasteiger partial charge in [-0.1, -0.05) is 113 Å². The fraction of sp³-hybridized carbons (Fsp3) is 0.740. The van der Waals surface area contributed by atoms with Crippen molar-refractivity contribution in [1.29, 1.82) is 0 Å². The van der Waals surface area contributed by atoms with Crippen LogP contribution in [0.25, 0.3) is 0 Å². The predicted molar refractivity (Wildman–Crippen MR) is 252 cm³/mol. The molecule has 3 heterocycles. The Hall–Kier alpha value is -3.47. The number of carbonyl (C=O) groups is 3. The lowest BCUT2D eigenvalue weighted by Crippen LogP contribution is -2.45. The molecule has 3 N–H and O–H groups in total. The molecule has 0 aromatic carbocycles. The Morgan fingerprint density at radius 1 is 0.623 bits per heavy atom. The zero-order valence-electron chi connectivity index (χ0n) is 40.4. The molecule has 3 atom stereocenters. The zero-order valence-corrected chi connectivity index (χ0v) is 41.2. The molecule has 0 radical (unpaired) electrons. The summed E-state index contributed by atoms with van der Waals surface area (Å²) in [5, 5.41) is 10.7. The number of nitrogens with one attached hydrogen (secondary N) is 3. The number of nitrogens with zero attached hydrogens (tertiary/aromatic N) is 3. The second-order valence-corrected chi connectivity index (χ2v) is 19.9. The van der Waals surface area contributed by atoms with Crippen LogP contribution in [-0.2, 0) is 7.05 Å². The number of amides is 3. The van der Waals surface area contributed by atoms with Crippen molar-refractivity contribution in [3.63, 3.8) is 0 Å². The number of hydrogen-bond acceptors (Lipinski definition) is 7. The van der Waals surface area contributed by atoms with Gasteiger partial charge in [-0.05, 0) is 107 Å². The van der Waals surface area contributed by atoms with Crippen molar-refractivity contribution in [2.45, 2.75) is 198 Å². The zero-order chi connectivity index (χ0) is 45.2. The van der Waals surface area contributed by atoms with E-state index in [0.717, 1.165) is 21.3 Å². The minimum absolute atomic E-state index is 0.0665. The van der Waals surface area contributed by atoms with E-state index in [2.05, 4.69) is 67.5 Å². The van der Waals surface area contributed by atoms with Crippen molar-refractivity contribution in [2.75, 3.05) is 0 Å². The molecule has 0 bridgehead atoms. The number of aryl methyl sites for hydroxylation is 5. The minimum Gasteiger partial charge on any atom is -0.436 e. The van der Waals surface area contributed by atoms with E-state index in [1.807, 2.05) is 64.6 Å². The fourth-order valence-corrected chi connectivity index (χ4v) is 10.6. The summed E-state index contributed by atoms with van der Waals surface area (Å²) in [6.07, 6.45) is 21.2. The largest absolute Gasteiger partial charge is 0.436 e. The number of rotatable bonds is 12. The maximum Gasteiger partial charge on any atom is 0.289 e. The van der Waals surface area contributed by atoms with E-state index in [-0.39, 0.29) is 23.8 Å². The molecule has 344 valence electrons. The van der Waals surface area contributed by atoms with E-state index in [9.17, 15) is 14.4 Å². The summed E-state index contributed by atoms with van der Waals surface area (Å²) in [6.45, 7) is 24.7. The fourth-order valence-electron chi connectivity index (χ4n) is 9.81. The molecule has 3 fully saturated rings. The lowest BCUT2D eigenvalue weighted by Gasteiger charge is -2.33. The Bertz CT molecular complexity index is 1650. The van der Waals surface area contributed by atoms with E-state index in [0.29, 0.717) is 64.9 Å². The van der Waals surface area contributed by atoms with Crippen LogP contribution in [-0.4, -0.2) is 50.4 Å². The monoisotopic (exact) mass is 865 g/mol. The quantitative estimate of drug-likeness (QED) is 0.166. The Kier molecular flexibility index (Phi) is 22.3. The molecule has 0 spiro atoms. The number of aromatic nitrogens is 3. The van der Waals surface area contributed by atoms with Crippen molar-refractivity contribution in [3.8, 4) is 0 Å². The highest BCUT2D eigenvalue weighted by atomic mass is 32.1. The number of carbonyl (C=O) groups excluding carboxylic acids is 3. The van der Waals surface area contributed by atoms with Gasteiger partial charge in [0.15, 0.2) is 5.89 Å². The van der Waals surface area contributed by atoms with Gasteiger partial charge < -0.3 is 24.9 Å². The molecular weight excluding hydrogens is 781 g/mol. The van der Waals surface area contributed by atoms with Crippen LogP contribution in [0.15, 0.2) is 22.7 Å². The maximum atomic E-state index is 12.5. The van der Waals surface area contributed by atoms with Gasteiger partial charge in [-0.25, -0.2) is 9.97 Å². The molecule has 6 rings (SSSR count). The Morgan fingerprint density at radius 2 is 1.03 bits per heavy atom. The van der Waals surface area contributed by atoms with Gasteiger partial charge in [0.2, 0.25) is 5.76 Å². The summed E-state index contributed by atoms with van der Waals surface area (Å²) < 4.78 is 7.30. The van der Waals surface area contributed by atoms with Gasteiger partial charge in [0.05, 0.1) is 16.4 Å². The highest BCUT2D eigenvalue weighted by molar-refractivity contribution is 7.13. The third-order valence-electron chi connectivity index (χ3n) is 12.9. The third-order valence-corrected chi connectivity index (χ3v) is 14.0. The summed E-state index contributed by atoms with van der Waals surface area (Å²) in [6, 6.07) is 4.63. The van der Waals surface area contributed by atoms with Crippen LogP contribution in [0.3, 0.4) is 0 Å². The number of oxazole rings is 1. The average Bonchev–Trinajstić information content (AvgIpc) is 3.95. The first-order valence-corrected chi connectivity index (χ1v) is 24.8. The molecular formula is C50H84N6O4S. The minimum atomic E-state index is -0.118. The van der Waals surface area contributed by atoms with Gasteiger partial charge in [0.1, 0.15) is 10.6 Å². The normalized spacial score (nSPS) is 17.8. The Balaban J connectivity index is 0.000000239. The summed E-state index contributed by atoms with van der Waals surface area (Å²) in [5.41, 5.74) is 2.28. The molecule has 10 nitrogen and oxygen atoms in total. The number of hydrogen-bond donors (Lipinski definition) is 3. The maximum absolute atomic E-state index is 12.5. The molecule has 3 saturated carbocycles. The highest BCUT2D eigenvalue weighted by Gasteiger charge is 2.31. The van der Waals surface area contributed by atoms with Crippen molar-refractivity contribution in [3.05, 3.63) is 56.9 Å². The summed E-state index contributed by atoms with van der Waals surface area (Å²) in [5.74, 6) is 4.23. The van der Waals surface area contributed by atoms with Gasteiger partial charge in [0.25, 0.3) is 17.7 Å². The van der Waals surface area contributed by atoms with E-state index >= 15 is 0 Å². The van der Waals surface area contributed by atoms with Crippen LogP contribution in [0.1, 0.15) is 205 Å². The molecule has 3 aromatic heterocycles. The second kappa shape index (κ2) is 26.2. The van der Waals surface area contributed by atoms with Gasteiger partial charge in [-0.15, -0.1) is 11.3 Å². The van der Waals surface area contributed by atoms with Crippen LogP contribution >= 0.6 is 11.3 Å². The Labute approximate surface area is 374 Å². The first-order chi connectivity index (χ1) is 29.1. The lowest BCUT2D eigenvalue weighted by molar-refractivity contribution is 0.0857. The second-order valence-electron chi connectivity index (χ2n) is 18.7. The molecule has 3 amide bonds. The van der Waals surface area contributed by atoms with Gasteiger partial charge >= 0.3 is 0 Å². The smallest absolute Gasteiger partial charge is 0.289 e. The molecule has 3 aliphatic carbocycles. The van der Waals surface area contributed by atoms with Crippen LogP contribution in [0.2, 0.25) is 0 Å². The van der Waals surface area contributed by atoms with Gasteiger partial charge in [-0.3, -0.25) is 14.4 Å². The van der Waals surface area contributed by atoms with Crippen LogP contribution in [0.4, 0.5) is 0 Å². The molecule has 0 saturated heterocycles. The van der Waals surface area contributed by atoms with Crippen LogP contribution < -0.4 is 16.0 Å². The van der Waals surface area contributed by atoms with Crippen LogP contribution in [0.5, 0.6) is 0 Å². The van der Waals surface area contributed by atoms with E-state index < -0.39 is 0 Å². The van der Waals surface area contributed by atoms with Gasteiger partial charge in [-0.2, -0.15) is 0 Å².